The molecule has 0 aliphatic heterocycles. The van der Waals surface area contributed by atoms with Crippen LogP contribution in [0.2, 0.25) is 0 Å². The molecule has 0 aliphatic carbocycles. The smallest absolute Gasteiger partial charge is 0.428 e. The molecule has 1 N–H and O–H groups in total. The molecule has 9 heteroatoms. The Morgan fingerprint density at radius 3 is 2.52 bits per heavy atom. The van der Waals surface area contributed by atoms with Crippen LogP contribution in [0.25, 0.3) is 11.3 Å². The van der Waals surface area contributed by atoms with Gasteiger partial charge in [-0.2, -0.15) is 22.7 Å². The number of hydrogen-bond acceptors (Lipinski definition) is 5. The fourth-order valence-electron chi connectivity index (χ4n) is 2.09. The predicted octanol–water partition coefficient (Wildman–Crippen LogP) is 5.49. The lowest BCUT2D eigenvalue weighted by Gasteiger charge is -2.17. The number of benzene rings is 2. The highest BCUT2D eigenvalue weighted by Gasteiger charge is 2.44. The Labute approximate surface area is 156 Å². The Kier molecular flexibility index (Phi) is 5.70. The number of thiazole rings is 1. The van der Waals surface area contributed by atoms with Crippen LogP contribution in [0, 0.1) is 0 Å². The van der Waals surface area contributed by atoms with Gasteiger partial charge < -0.3 is 4.74 Å². The molecule has 0 saturated carbocycles. The number of alkyl halides is 4. The summed E-state index contributed by atoms with van der Waals surface area (Å²) in [5.41, 5.74) is 4.50. The summed E-state index contributed by atoms with van der Waals surface area (Å²) in [5, 5.41) is 6.24. The highest BCUT2D eigenvalue weighted by atomic mass is 32.1. The Bertz CT molecular complexity index is 916. The number of rotatable bonds is 7. The molecule has 27 heavy (non-hydrogen) atoms. The quantitative estimate of drug-likeness (QED) is 0.327. The molecule has 1 heterocycles. The molecule has 4 nitrogen and oxygen atoms in total. The summed E-state index contributed by atoms with van der Waals surface area (Å²) in [5.74, 6) is -0.405. The van der Waals surface area contributed by atoms with E-state index in [0.29, 0.717) is 5.13 Å². The van der Waals surface area contributed by atoms with E-state index in [-0.39, 0.29) is 5.56 Å². The van der Waals surface area contributed by atoms with E-state index >= 15 is 0 Å². The number of anilines is 1. The minimum atomic E-state index is -4.59. The second kappa shape index (κ2) is 8.17. The monoisotopic (exact) mass is 395 g/mol. The molecule has 140 valence electrons. The van der Waals surface area contributed by atoms with E-state index in [1.165, 1.54) is 29.7 Å². The molecule has 0 spiro atoms. The first kappa shape index (κ1) is 18.8. The van der Waals surface area contributed by atoms with Gasteiger partial charge in [-0.05, 0) is 12.1 Å². The normalized spacial score (nSPS) is 11.9. The van der Waals surface area contributed by atoms with Gasteiger partial charge in [-0.1, -0.05) is 42.5 Å². The lowest BCUT2D eigenvalue weighted by atomic mass is 10.2. The Balaban J connectivity index is 1.70. The molecular formula is C18H13F4N3OS. The number of para-hydroxylation sites is 1. The summed E-state index contributed by atoms with van der Waals surface area (Å²) in [7, 11) is 0. The van der Waals surface area contributed by atoms with Gasteiger partial charge in [-0.25, -0.2) is 4.98 Å². The zero-order chi connectivity index (χ0) is 19.3. The van der Waals surface area contributed by atoms with Gasteiger partial charge in [0, 0.05) is 16.5 Å². The van der Waals surface area contributed by atoms with Crippen LogP contribution in [0.5, 0.6) is 5.75 Å². The van der Waals surface area contributed by atoms with Crippen molar-refractivity contribution in [2.75, 3.05) is 5.43 Å². The molecule has 3 rings (SSSR count). The number of hydrazone groups is 1. The molecule has 2 aromatic carbocycles. The van der Waals surface area contributed by atoms with Crippen LogP contribution in [0.4, 0.5) is 22.7 Å². The van der Waals surface area contributed by atoms with Crippen LogP contribution in [-0.2, 0) is 0 Å². The van der Waals surface area contributed by atoms with Gasteiger partial charge in [0.2, 0.25) is 5.13 Å². The van der Waals surface area contributed by atoms with E-state index < -0.39 is 18.3 Å². The molecule has 0 amide bonds. The highest BCUT2D eigenvalue weighted by Crippen LogP contribution is 2.29. The molecule has 0 fully saturated rings. The summed E-state index contributed by atoms with van der Waals surface area (Å²) in [4.78, 5) is 4.36. The summed E-state index contributed by atoms with van der Waals surface area (Å²) >= 11 is 1.31. The second-order valence-electron chi connectivity index (χ2n) is 5.28. The zero-order valence-corrected chi connectivity index (χ0v) is 14.5. The van der Waals surface area contributed by atoms with Crippen molar-refractivity contribution in [3.8, 4) is 17.0 Å². The summed E-state index contributed by atoms with van der Waals surface area (Å²) in [6.07, 6.45) is -7.33. The molecular weight excluding hydrogens is 382 g/mol. The van der Waals surface area contributed by atoms with Crippen molar-refractivity contribution in [3.63, 3.8) is 0 Å². The SMILES string of the molecule is FC(F)C(F)(F)Oc1ccccc1C=NNc1nc(-c2ccccc2)cs1. The van der Waals surface area contributed by atoms with Crippen molar-refractivity contribution in [3.05, 3.63) is 65.5 Å². The van der Waals surface area contributed by atoms with E-state index in [4.69, 9.17) is 0 Å². The average Bonchev–Trinajstić information content (AvgIpc) is 3.12. The van der Waals surface area contributed by atoms with Gasteiger partial charge in [0.05, 0.1) is 11.9 Å². The van der Waals surface area contributed by atoms with Crippen molar-refractivity contribution in [1.82, 2.24) is 4.98 Å². The third-order valence-electron chi connectivity index (χ3n) is 3.36. The van der Waals surface area contributed by atoms with Gasteiger partial charge in [0.15, 0.2) is 0 Å². The average molecular weight is 395 g/mol. The van der Waals surface area contributed by atoms with E-state index in [1.807, 2.05) is 35.7 Å². The van der Waals surface area contributed by atoms with Crippen LogP contribution in [0.3, 0.4) is 0 Å². The van der Waals surface area contributed by atoms with E-state index in [1.54, 1.807) is 6.07 Å². The first-order chi connectivity index (χ1) is 13.0. The number of ether oxygens (including phenoxy) is 1. The standard InChI is InChI=1S/C18H13F4N3OS/c19-16(20)18(21,22)26-15-9-5-4-8-13(15)10-23-25-17-24-14(11-27-17)12-6-2-1-3-7-12/h1-11,16H,(H,24,25). The molecule has 0 unspecified atom stereocenters. The van der Waals surface area contributed by atoms with Crippen LogP contribution < -0.4 is 10.2 Å². The van der Waals surface area contributed by atoms with Crippen LogP contribution >= 0.6 is 11.3 Å². The van der Waals surface area contributed by atoms with Crippen molar-refractivity contribution in [2.45, 2.75) is 12.5 Å². The maximum Gasteiger partial charge on any atom is 0.461 e. The Morgan fingerprint density at radius 1 is 1.07 bits per heavy atom. The molecule has 0 bridgehead atoms. The van der Waals surface area contributed by atoms with Gasteiger partial charge in [-0.3, -0.25) is 5.43 Å². The first-order valence-corrected chi connectivity index (χ1v) is 8.58. The van der Waals surface area contributed by atoms with Gasteiger partial charge in [0.1, 0.15) is 5.75 Å². The van der Waals surface area contributed by atoms with Crippen LogP contribution in [-0.4, -0.2) is 23.7 Å². The molecule has 3 aromatic rings. The predicted molar refractivity (Wildman–Crippen MR) is 96.8 cm³/mol. The third-order valence-corrected chi connectivity index (χ3v) is 4.10. The lowest BCUT2D eigenvalue weighted by Crippen LogP contribution is -2.33. The number of nitrogens with one attached hydrogen (secondary N) is 1. The third kappa shape index (κ3) is 4.82. The molecule has 1 aromatic heterocycles. The highest BCUT2D eigenvalue weighted by molar-refractivity contribution is 7.14. The number of aromatic nitrogens is 1. The summed E-state index contributed by atoms with van der Waals surface area (Å²) in [6.45, 7) is 0. The van der Waals surface area contributed by atoms with Crippen molar-refractivity contribution in [1.29, 1.82) is 0 Å². The fourth-order valence-corrected chi connectivity index (χ4v) is 2.76. The maximum atomic E-state index is 13.1. The van der Waals surface area contributed by atoms with Crippen LogP contribution in [0.15, 0.2) is 65.1 Å². The molecule has 0 radical (unpaired) electrons. The van der Waals surface area contributed by atoms with E-state index in [9.17, 15) is 17.6 Å². The minimum absolute atomic E-state index is 0.116. The largest absolute Gasteiger partial charge is 0.461 e. The summed E-state index contributed by atoms with van der Waals surface area (Å²) < 4.78 is 55.0. The lowest BCUT2D eigenvalue weighted by molar-refractivity contribution is -0.253. The zero-order valence-electron chi connectivity index (χ0n) is 13.7. The number of halogens is 4. The topological polar surface area (TPSA) is 46.5 Å². The van der Waals surface area contributed by atoms with Crippen LogP contribution in [0.1, 0.15) is 5.56 Å². The molecule has 0 atom stereocenters. The van der Waals surface area contributed by atoms with E-state index in [0.717, 1.165) is 17.3 Å². The molecule has 0 saturated heterocycles. The number of nitrogens with zero attached hydrogens (tertiary/aromatic N) is 2. The molecule has 0 aliphatic rings. The van der Waals surface area contributed by atoms with Crippen molar-refractivity contribution < 1.29 is 22.3 Å². The first-order valence-electron chi connectivity index (χ1n) is 7.70. The van der Waals surface area contributed by atoms with Crippen molar-refractivity contribution >= 4 is 22.7 Å². The Hall–Kier alpha value is -2.94. The maximum absolute atomic E-state index is 13.1. The fraction of sp³-hybridized carbons (Fsp3) is 0.111. The van der Waals surface area contributed by atoms with Gasteiger partial charge in [-0.15, -0.1) is 11.3 Å². The van der Waals surface area contributed by atoms with Gasteiger partial charge >= 0.3 is 12.5 Å². The van der Waals surface area contributed by atoms with Gasteiger partial charge in [0.25, 0.3) is 0 Å². The minimum Gasteiger partial charge on any atom is -0.428 e. The number of hydrogen-bond donors (Lipinski definition) is 1. The Morgan fingerprint density at radius 2 is 1.78 bits per heavy atom. The van der Waals surface area contributed by atoms with Crippen molar-refractivity contribution in [2.24, 2.45) is 5.10 Å². The van der Waals surface area contributed by atoms with E-state index in [2.05, 4.69) is 20.2 Å². The summed E-state index contributed by atoms with van der Waals surface area (Å²) in [6, 6.07) is 15.0. The second-order valence-corrected chi connectivity index (χ2v) is 6.13.